The van der Waals surface area contributed by atoms with E-state index in [0.717, 1.165) is 12.8 Å². The zero-order chi connectivity index (χ0) is 14.9. The van der Waals surface area contributed by atoms with Crippen LogP contribution in [0.2, 0.25) is 0 Å². The number of nitrogens with zero attached hydrogens (tertiary/aromatic N) is 1. The van der Waals surface area contributed by atoms with E-state index in [0.29, 0.717) is 24.1 Å². The quantitative estimate of drug-likeness (QED) is 0.869. The average molecular weight is 300 g/mol. The molecule has 0 bridgehead atoms. The molecule has 1 aromatic rings. The Hall–Kier alpha value is -0.850. The van der Waals surface area contributed by atoms with Gasteiger partial charge in [-0.05, 0) is 37.7 Å². The Labute approximate surface area is 121 Å². The summed E-state index contributed by atoms with van der Waals surface area (Å²) in [5.74, 6) is 0.909. The van der Waals surface area contributed by atoms with Crippen LogP contribution in [-0.4, -0.2) is 24.1 Å². The van der Waals surface area contributed by atoms with E-state index in [1.165, 1.54) is 0 Å². The van der Waals surface area contributed by atoms with Gasteiger partial charge in [0.25, 0.3) is 0 Å². The van der Waals surface area contributed by atoms with Crippen molar-refractivity contribution in [3.8, 4) is 0 Å². The lowest BCUT2D eigenvalue weighted by atomic mass is 9.98. The van der Waals surface area contributed by atoms with Gasteiger partial charge in [0.1, 0.15) is 0 Å². The molecule has 1 saturated carbocycles. The van der Waals surface area contributed by atoms with E-state index in [-0.39, 0.29) is 17.5 Å². The molecule has 0 saturated heterocycles. The molecule has 0 radical (unpaired) electrons. The van der Waals surface area contributed by atoms with Crippen molar-refractivity contribution in [3.63, 3.8) is 0 Å². The van der Waals surface area contributed by atoms with Crippen molar-refractivity contribution < 1.29 is 13.5 Å². The van der Waals surface area contributed by atoms with Gasteiger partial charge in [-0.25, -0.2) is 13.1 Å². The monoisotopic (exact) mass is 300 g/mol. The molecule has 0 aliphatic heterocycles. The Balaban J connectivity index is 2.20. The first-order valence-electron chi connectivity index (χ1n) is 7.21. The van der Waals surface area contributed by atoms with Crippen LogP contribution in [-0.2, 0) is 23.2 Å². The molecule has 1 aromatic heterocycles. The van der Waals surface area contributed by atoms with E-state index < -0.39 is 10.0 Å². The maximum atomic E-state index is 12.4. The van der Waals surface area contributed by atoms with Gasteiger partial charge in [0.05, 0.1) is 11.5 Å². The number of hydrogen-bond donors (Lipinski definition) is 2. The van der Waals surface area contributed by atoms with Crippen molar-refractivity contribution >= 4 is 10.0 Å². The third kappa shape index (κ3) is 2.92. The molecule has 3 atom stereocenters. The van der Waals surface area contributed by atoms with Crippen LogP contribution in [0.15, 0.2) is 17.2 Å². The van der Waals surface area contributed by atoms with Gasteiger partial charge in [0, 0.05) is 24.5 Å². The van der Waals surface area contributed by atoms with E-state index in [4.69, 9.17) is 0 Å². The third-order valence-corrected chi connectivity index (χ3v) is 6.00. The summed E-state index contributed by atoms with van der Waals surface area (Å²) in [5, 5.41) is 9.25. The summed E-state index contributed by atoms with van der Waals surface area (Å²) >= 11 is 0. The van der Waals surface area contributed by atoms with Crippen LogP contribution in [0.4, 0.5) is 0 Å². The Morgan fingerprint density at radius 2 is 2.10 bits per heavy atom. The van der Waals surface area contributed by atoms with Crippen LogP contribution in [0.5, 0.6) is 0 Å². The van der Waals surface area contributed by atoms with E-state index in [1.807, 2.05) is 6.92 Å². The fourth-order valence-corrected chi connectivity index (χ4v) is 4.32. The van der Waals surface area contributed by atoms with Gasteiger partial charge in [0.2, 0.25) is 10.0 Å². The first-order chi connectivity index (χ1) is 9.39. The lowest BCUT2D eigenvalue weighted by Gasteiger charge is -2.19. The fraction of sp³-hybridized carbons (Fsp3) is 0.714. The summed E-state index contributed by atoms with van der Waals surface area (Å²) in [6.45, 7) is 6.67. The zero-order valence-corrected chi connectivity index (χ0v) is 13.2. The molecule has 1 fully saturated rings. The topological polar surface area (TPSA) is 71.3 Å². The van der Waals surface area contributed by atoms with Crippen molar-refractivity contribution in [3.05, 3.63) is 18.0 Å². The molecule has 20 heavy (non-hydrogen) atoms. The number of sulfonamides is 1. The molecule has 6 heteroatoms. The number of aromatic nitrogens is 1. The van der Waals surface area contributed by atoms with Gasteiger partial charge >= 0.3 is 0 Å². The Morgan fingerprint density at radius 1 is 1.40 bits per heavy atom. The Kier molecular flexibility index (Phi) is 4.56. The van der Waals surface area contributed by atoms with Crippen LogP contribution in [0, 0.1) is 11.8 Å². The van der Waals surface area contributed by atoms with Gasteiger partial charge in [0.15, 0.2) is 0 Å². The predicted molar refractivity (Wildman–Crippen MR) is 77.7 cm³/mol. The summed E-state index contributed by atoms with van der Waals surface area (Å²) in [6.07, 6.45) is 3.55. The Morgan fingerprint density at radius 3 is 2.55 bits per heavy atom. The SMILES string of the molecule is CCn1cc(S(=O)(=O)NC2CCC(C)C2C)cc1CO. The van der Waals surface area contributed by atoms with Crippen molar-refractivity contribution in [1.82, 2.24) is 9.29 Å². The molecule has 0 aromatic carbocycles. The molecule has 114 valence electrons. The minimum Gasteiger partial charge on any atom is -0.390 e. The minimum atomic E-state index is -3.50. The molecular formula is C14H24N2O3S. The van der Waals surface area contributed by atoms with Gasteiger partial charge < -0.3 is 9.67 Å². The minimum absolute atomic E-state index is 0.0116. The predicted octanol–water partition coefficient (Wildman–Crippen LogP) is 1.71. The summed E-state index contributed by atoms with van der Waals surface area (Å²) in [7, 11) is -3.50. The van der Waals surface area contributed by atoms with Crippen LogP contribution >= 0.6 is 0 Å². The molecule has 5 nitrogen and oxygen atoms in total. The van der Waals surface area contributed by atoms with Crippen LogP contribution < -0.4 is 4.72 Å². The number of rotatable bonds is 5. The standard InChI is InChI=1S/C14H24N2O3S/c1-4-16-8-13(7-12(16)9-17)20(18,19)15-14-6-5-10(2)11(14)3/h7-8,10-11,14-15,17H,4-6,9H2,1-3H3. The number of aryl methyl sites for hydroxylation is 1. The second-order valence-electron chi connectivity index (χ2n) is 5.75. The van der Waals surface area contributed by atoms with E-state index in [1.54, 1.807) is 16.8 Å². The average Bonchev–Trinajstić information content (AvgIpc) is 2.97. The highest BCUT2D eigenvalue weighted by molar-refractivity contribution is 7.89. The van der Waals surface area contributed by atoms with Crippen molar-refractivity contribution in [1.29, 1.82) is 0 Å². The lowest BCUT2D eigenvalue weighted by Crippen LogP contribution is -2.37. The van der Waals surface area contributed by atoms with Gasteiger partial charge in [-0.3, -0.25) is 0 Å². The molecular weight excluding hydrogens is 276 g/mol. The van der Waals surface area contributed by atoms with Gasteiger partial charge in [-0.2, -0.15) is 0 Å². The van der Waals surface area contributed by atoms with E-state index in [9.17, 15) is 13.5 Å². The molecule has 0 spiro atoms. The summed E-state index contributed by atoms with van der Waals surface area (Å²) in [4.78, 5) is 0.246. The maximum absolute atomic E-state index is 12.4. The summed E-state index contributed by atoms with van der Waals surface area (Å²) in [6, 6.07) is 1.56. The second kappa shape index (κ2) is 5.87. The van der Waals surface area contributed by atoms with E-state index in [2.05, 4.69) is 18.6 Å². The zero-order valence-electron chi connectivity index (χ0n) is 12.3. The highest BCUT2D eigenvalue weighted by Crippen LogP contribution is 2.32. The van der Waals surface area contributed by atoms with Crippen LogP contribution in [0.25, 0.3) is 0 Å². The molecule has 3 unspecified atom stereocenters. The third-order valence-electron chi connectivity index (χ3n) is 4.55. The van der Waals surface area contributed by atoms with Crippen molar-refractivity contribution in [2.45, 2.75) is 57.7 Å². The van der Waals surface area contributed by atoms with E-state index >= 15 is 0 Å². The molecule has 1 heterocycles. The molecule has 1 aliphatic carbocycles. The fourth-order valence-electron chi connectivity index (χ4n) is 2.90. The van der Waals surface area contributed by atoms with Gasteiger partial charge in [-0.1, -0.05) is 13.8 Å². The first-order valence-corrected chi connectivity index (χ1v) is 8.69. The smallest absolute Gasteiger partial charge is 0.242 e. The van der Waals surface area contributed by atoms with Crippen LogP contribution in [0.1, 0.15) is 39.3 Å². The molecule has 1 aliphatic rings. The van der Waals surface area contributed by atoms with Crippen molar-refractivity contribution in [2.24, 2.45) is 11.8 Å². The summed E-state index contributed by atoms with van der Waals surface area (Å²) in [5.41, 5.74) is 0.626. The second-order valence-corrected chi connectivity index (χ2v) is 7.47. The molecule has 2 N–H and O–H groups in total. The molecule has 0 amide bonds. The number of hydrogen-bond acceptors (Lipinski definition) is 3. The highest BCUT2D eigenvalue weighted by Gasteiger charge is 2.33. The number of aliphatic hydroxyl groups excluding tert-OH is 1. The van der Waals surface area contributed by atoms with Crippen molar-refractivity contribution in [2.75, 3.05) is 0 Å². The summed E-state index contributed by atoms with van der Waals surface area (Å²) < 4.78 is 29.4. The normalized spacial score (nSPS) is 27.1. The lowest BCUT2D eigenvalue weighted by molar-refractivity contribution is 0.271. The Bertz CT molecular complexity index is 543. The largest absolute Gasteiger partial charge is 0.390 e. The van der Waals surface area contributed by atoms with Gasteiger partial charge in [-0.15, -0.1) is 0 Å². The number of nitrogens with one attached hydrogen (secondary N) is 1. The maximum Gasteiger partial charge on any atom is 0.242 e. The van der Waals surface area contributed by atoms with Crippen LogP contribution in [0.3, 0.4) is 0 Å². The molecule has 2 rings (SSSR count). The number of aliphatic hydroxyl groups is 1. The first kappa shape index (κ1) is 15.5. The highest BCUT2D eigenvalue weighted by atomic mass is 32.2.